The van der Waals surface area contributed by atoms with Gasteiger partial charge in [0.1, 0.15) is 28.6 Å². The van der Waals surface area contributed by atoms with Gasteiger partial charge < -0.3 is 18.7 Å². The van der Waals surface area contributed by atoms with Crippen LogP contribution in [-0.4, -0.2) is 17.1 Å². The van der Waals surface area contributed by atoms with E-state index >= 15 is 0 Å². The van der Waals surface area contributed by atoms with Crippen molar-refractivity contribution in [3.8, 4) is 5.75 Å². The first-order chi connectivity index (χ1) is 14.6. The van der Waals surface area contributed by atoms with Gasteiger partial charge >= 0.3 is 0 Å². The molecule has 0 bridgehead atoms. The number of hydrogen-bond donors (Lipinski definition) is 1. The zero-order valence-corrected chi connectivity index (χ0v) is 18.3. The summed E-state index contributed by atoms with van der Waals surface area (Å²) < 4.78 is 17.1. The molecule has 3 rings (SSSR count). The smallest absolute Gasteiger partial charge is 0.135 e. The van der Waals surface area contributed by atoms with Crippen molar-refractivity contribution in [2.24, 2.45) is 0 Å². The first kappa shape index (κ1) is 22.2. The number of rotatable bonds is 12. The van der Waals surface area contributed by atoms with Crippen LogP contribution in [0.4, 0.5) is 0 Å². The van der Waals surface area contributed by atoms with Gasteiger partial charge in [-0.25, -0.2) is 0 Å². The Balaban J connectivity index is 1.78. The quantitative estimate of drug-likeness (QED) is 0.404. The van der Waals surface area contributed by atoms with E-state index in [0.29, 0.717) is 31.7 Å². The van der Waals surface area contributed by atoms with E-state index in [9.17, 15) is 5.11 Å². The summed E-state index contributed by atoms with van der Waals surface area (Å²) in [6.45, 7) is 6.18. The lowest BCUT2D eigenvalue weighted by Gasteiger charge is -2.25. The van der Waals surface area contributed by atoms with E-state index in [1.165, 1.54) is 0 Å². The van der Waals surface area contributed by atoms with Crippen LogP contribution in [0.5, 0.6) is 5.75 Å². The summed E-state index contributed by atoms with van der Waals surface area (Å²) in [5, 5.41) is 11.1. The van der Waals surface area contributed by atoms with Crippen LogP contribution in [0, 0.1) is 0 Å². The summed E-state index contributed by atoms with van der Waals surface area (Å²) in [5.74, 6) is 3.25. The van der Waals surface area contributed by atoms with E-state index in [2.05, 4.69) is 24.8 Å². The number of nitrogens with zero attached hydrogens (tertiary/aromatic N) is 1. The predicted molar refractivity (Wildman–Crippen MR) is 117 cm³/mol. The highest BCUT2D eigenvalue weighted by molar-refractivity contribution is 5.28. The lowest BCUT2D eigenvalue weighted by atomic mass is 9.90. The Morgan fingerprint density at radius 2 is 1.70 bits per heavy atom. The fourth-order valence-corrected chi connectivity index (χ4v) is 3.95. The molecule has 0 unspecified atom stereocenters. The molecule has 0 atom stereocenters. The maximum atomic E-state index is 11.1. The first-order valence-corrected chi connectivity index (χ1v) is 10.8. The zero-order valence-electron chi connectivity index (χ0n) is 18.3. The van der Waals surface area contributed by atoms with E-state index in [0.717, 1.165) is 42.2 Å². The number of aliphatic hydroxyl groups is 1. The van der Waals surface area contributed by atoms with Crippen LogP contribution >= 0.6 is 0 Å². The van der Waals surface area contributed by atoms with Crippen LogP contribution in [0.15, 0.2) is 63.6 Å². The molecular formula is C25H33NO4. The highest BCUT2D eigenvalue weighted by Crippen LogP contribution is 2.33. The van der Waals surface area contributed by atoms with Gasteiger partial charge in [0.05, 0.1) is 26.5 Å². The normalized spacial score (nSPS) is 11.9. The number of ether oxygens (including phenoxy) is 1. The fraction of sp³-hybridized carbons (Fsp3) is 0.440. The van der Waals surface area contributed by atoms with Crippen molar-refractivity contribution in [1.29, 1.82) is 0 Å². The number of methoxy groups -OCH3 is 1. The van der Waals surface area contributed by atoms with Crippen molar-refractivity contribution in [2.45, 2.75) is 64.8 Å². The summed E-state index contributed by atoms with van der Waals surface area (Å²) in [7, 11) is 1.68. The average molecular weight is 412 g/mol. The van der Waals surface area contributed by atoms with E-state index in [4.69, 9.17) is 13.6 Å². The molecule has 0 saturated heterocycles. The summed E-state index contributed by atoms with van der Waals surface area (Å²) in [6.07, 6.45) is 4.92. The third-order valence-electron chi connectivity index (χ3n) is 5.33. The van der Waals surface area contributed by atoms with Gasteiger partial charge in [0.25, 0.3) is 0 Å². The van der Waals surface area contributed by atoms with Crippen LogP contribution in [0.3, 0.4) is 0 Å². The SMILES string of the molecule is CCCC(O)(CCC)c1ccc(CN(Cc2cccc(OC)c2)Cc2ccco2)o1. The van der Waals surface area contributed by atoms with E-state index in [1.807, 2.05) is 42.5 Å². The second-order valence-electron chi connectivity index (χ2n) is 7.87. The molecule has 0 aliphatic heterocycles. The number of furan rings is 2. The summed E-state index contributed by atoms with van der Waals surface area (Å²) in [6, 6.07) is 15.9. The van der Waals surface area contributed by atoms with Crippen molar-refractivity contribution in [1.82, 2.24) is 4.90 Å². The molecule has 0 radical (unpaired) electrons. The highest BCUT2D eigenvalue weighted by Gasteiger charge is 2.31. The second kappa shape index (κ2) is 10.5. The maximum absolute atomic E-state index is 11.1. The molecule has 162 valence electrons. The Bertz CT molecular complexity index is 878. The molecule has 0 aliphatic carbocycles. The molecule has 1 N–H and O–H groups in total. The van der Waals surface area contributed by atoms with Gasteiger partial charge in [0.2, 0.25) is 0 Å². The van der Waals surface area contributed by atoms with Gasteiger partial charge in [0, 0.05) is 6.54 Å². The van der Waals surface area contributed by atoms with Crippen LogP contribution in [-0.2, 0) is 25.2 Å². The van der Waals surface area contributed by atoms with Crippen LogP contribution in [0.2, 0.25) is 0 Å². The number of benzene rings is 1. The second-order valence-corrected chi connectivity index (χ2v) is 7.87. The van der Waals surface area contributed by atoms with Crippen LogP contribution < -0.4 is 4.74 Å². The summed E-state index contributed by atoms with van der Waals surface area (Å²) in [5.41, 5.74) is 0.265. The topological polar surface area (TPSA) is 59.0 Å². The third-order valence-corrected chi connectivity index (χ3v) is 5.33. The molecule has 0 aliphatic rings. The van der Waals surface area contributed by atoms with E-state index in [-0.39, 0.29) is 0 Å². The lowest BCUT2D eigenvalue weighted by Crippen LogP contribution is -2.25. The summed E-state index contributed by atoms with van der Waals surface area (Å²) in [4.78, 5) is 2.26. The molecule has 0 amide bonds. The zero-order chi connectivity index (χ0) is 21.4. The van der Waals surface area contributed by atoms with Gasteiger partial charge in [-0.15, -0.1) is 0 Å². The van der Waals surface area contributed by atoms with Gasteiger partial charge in [-0.05, 0) is 54.8 Å². The van der Waals surface area contributed by atoms with E-state index < -0.39 is 5.60 Å². The molecule has 0 spiro atoms. The number of hydrogen-bond acceptors (Lipinski definition) is 5. The maximum Gasteiger partial charge on any atom is 0.135 e. The third kappa shape index (κ3) is 5.77. The molecule has 2 aromatic heterocycles. The predicted octanol–water partition coefficient (Wildman–Crippen LogP) is 5.87. The monoisotopic (exact) mass is 411 g/mol. The summed E-state index contributed by atoms with van der Waals surface area (Å²) >= 11 is 0. The molecule has 0 fully saturated rings. The van der Waals surface area contributed by atoms with E-state index in [1.54, 1.807) is 13.4 Å². The van der Waals surface area contributed by atoms with Gasteiger partial charge in [0.15, 0.2) is 0 Å². The van der Waals surface area contributed by atoms with Gasteiger partial charge in [-0.2, -0.15) is 0 Å². The van der Waals surface area contributed by atoms with Crippen molar-refractivity contribution >= 4 is 0 Å². The molecular weight excluding hydrogens is 378 g/mol. The molecule has 3 aromatic rings. The fourth-order valence-electron chi connectivity index (χ4n) is 3.95. The van der Waals surface area contributed by atoms with Gasteiger partial charge in [-0.1, -0.05) is 38.8 Å². The van der Waals surface area contributed by atoms with Gasteiger partial charge in [-0.3, -0.25) is 4.90 Å². The minimum Gasteiger partial charge on any atom is -0.497 e. The largest absolute Gasteiger partial charge is 0.497 e. The Hall–Kier alpha value is -2.50. The van der Waals surface area contributed by atoms with Crippen molar-refractivity contribution in [2.75, 3.05) is 7.11 Å². The van der Waals surface area contributed by atoms with Crippen molar-refractivity contribution in [3.63, 3.8) is 0 Å². The standard InChI is InChI=1S/C25H33NO4/c1-4-13-25(27,14-5-2)24-12-11-23(30-24)19-26(18-22-10-7-15-29-22)17-20-8-6-9-21(16-20)28-3/h6-12,15-16,27H,4-5,13-14,17-19H2,1-3H3. The molecule has 5 nitrogen and oxygen atoms in total. The Labute approximate surface area is 179 Å². The molecule has 2 heterocycles. The highest BCUT2D eigenvalue weighted by atomic mass is 16.5. The average Bonchev–Trinajstić information content (AvgIpc) is 3.41. The van der Waals surface area contributed by atoms with Crippen LogP contribution in [0.1, 0.15) is 62.4 Å². The van der Waals surface area contributed by atoms with Crippen LogP contribution in [0.25, 0.3) is 0 Å². The minimum atomic E-state index is -0.889. The Kier molecular flexibility index (Phi) is 7.77. The molecule has 1 aromatic carbocycles. The molecule has 5 heteroatoms. The Morgan fingerprint density at radius 3 is 2.37 bits per heavy atom. The van der Waals surface area contributed by atoms with Crippen molar-refractivity contribution in [3.05, 3.63) is 77.6 Å². The minimum absolute atomic E-state index is 0.617. The molecule has 0 saturated carbocycles. The first-order valence-electron chi connectivity index (χ1n) is 10.8. The molecule has 30 heavy (non-hydrogen) atoms. The van der Waals surface area contributed by atoms with Crippen molar-refractivity contribution < 1.29 is 18.7 Å². The lowest BCUT2D eigenvalue weighted by molar-refractivity contribution is -0.00529. The Morgan fingerprint density at radius 1 is 0.933 bits per heavy atom.